The highest BCUT2D eigenvalue weighted by Crippen LogP contribution is 2.53. The number of anilines is 1. The fraction of sp³-hybridized carbons (Fsp3) is 0.346. The van der Waals surface area contributed by atoms with Crippen molar-refractivity contribution in [3.05, 3.63) is 59.2 Å². The number of aliphatic hydroxyl groups excluding tert-OH is 1. The highest BCUT2D eigenvalue weighted by atomic mass is 32.2. The number of carbonyl (C=O) groups excluding carboxylic acids is 3. The van der Waals surface area contributed by atoms with Crippen LogP contribution in [0.1, 0.15) is 12.5 Å². The first-order valence-corrected chi connectivity index (χ1v) is 14.4. The summed E-state index contributed by atoms with van der Waals surface area (Å²) < 4.78 is 33.9. The first-order chi connectivity index (χ1) is 18.7. The van der Waals surface area contributed by atoms with Gasteiger partial charge in [-0.05, 0) is 29.5 Å². The van der Waals surface area contributed by atoms with Crippen molar-refractivity contribution in [1.29, 1.82) is 0 Å². The minimum Gasteiger partial charge on any atom is -0.457 e. The van der Waals surface area contributed by atoms with E-state index in [-0.39, 0.29) is 30.4 Å². The lowest BCUT2D eigenvalue weighted by Crippen LogP contribution is -2.60. The Bertz CT molecular complexity index is 1540. The fourth-order valence-corrected chi connectivity index (χ4v) is 8.55. The molecule has 3 heterocycles. The predicted molar refractivity (Wildman–Crippen MR) is 141 cm³/mol. The maximum absolute atomic E-state index is 13.7. The summed E-state index contributed by atoms with van der Waals surface area (Å²) >= 11 is 1.14. The number of carbonyl (C=O) groups is 3. The normalized spacial score (nSPS) is 21.6. The third-order valence-electron chi connectivity index (χ3n) is 7.03. The second-order valence-electron chi connectivity index (χ2n) is 9.17. The van der Waals surface area contributed by atoms with Gasteiger partial charge in [0.2, 0.25) is 5.91 Å². The molecule has 11 nitrogen and oxygen atoms in total. The zero-order chi connectivity index (χ0) is 28.1. The van der Waals surface area contributed by atoms with Crippen LogP contribution in [0.2, 0.25) is 0 Å². The molecule has 0 spiro atoms. The molecular formula is C26H26N2O9S2. The second-order valence-corrected chi connectivity index (χ2v) is 12.2. The van der Waals surface area contributed by atoms with Crippen LogP contribution in [0.15, 0.2) is 58.5 Å². The average Bonchev–Trinajstić information content (AvgIpc) is 3.35. The van der Waals surface area contributed by atoms with E-state index < -0.39 is 45.1 Å². The Labute approximate surface area is 229 Å². The Kier molecular flexibility index (Phi) is 7.18. The van der Waals surface area contributed by atoms with E-state index in [1.165, 1.54) is 35.4 Å². The number of thioether (sulfide) groups is 1. The molecule has 1 amide bonds. The predicted octanol–water partition coefficient (Wildman–Crippen LogP) is 2.10. The number of nitrogens with zero attached hydrogens (tertiary/aromatic N) is 2. The van der Waals surface area contributed by atoms with Gasteiger partial charge in [-0.25, -0.2) is 18.0 Å². The Morgan fingerprint density at radius 1 is 1.26 bits per heavy atom. The minimum absolute atomic E-state index is 0.0558. The molecule has 206 valence electrons. The average molecular weight is 575 g/mol. The highest BCUT2D eigenvalue weighted by Gasteiger charge is 2.60. The van der Waals surface area contributed by atoms with Crippen molar-refractivity contribution in [2.24, 2.45) is 11.8 Å². The third kappa shape index (κ3) is 4.20. The van der Waals surface area contributed by atoms with Crippen LogP contribution in [0.25, 0.3) is 10.8 Å². The zero-order valence-corrected chi connectivity index (χ0v) is 22.8. The molecule has 2 aromatic rings. The summed E-state index contributed by atoms with van der Waals surface area (Å²) in [6.07, 6.45) is 1.75. The van der Waals surface area contributed by atoms with Crippen LogP contribution in [0.3, 0.4) is 0 Å². The van der Waals surface area contributed by atoms with Crippen molar-refractivity contribution >= 4 is 56.1 Å². The summed E-state index contributed by atoms with van der Waals surface area (Å²) in [6.45, 7) is 4.65. The van der Waals surface area contributed by atoms with Crippen LogP contribution < -0.4 is 4.31 Å². The molecule has 13 heteroatoms. The number of aliphatic hydroxyl groups is 1. The van der Waals surface area contributed by atoms with Crippen molar-refractivity contribution in [1.82, 2.24) is 4.90 Å². The molecule has 1 N–H and O–H groups in total. The van der Waals surface area contributed by atoms with Crippen LogP contribution in [0, 0.1) is 11.8 Å². The van der Waals surface area contributed by atoms with Gasteiger partial charge in [0.1, 0.15) is 12.3 Å². The topological polar surface area (TPSA) is 140 Å². The van der Waals surface area contributed by atoms with Gasteiger partial charge in [0.25, 0.3) is 10.0 Å². The van der Waals surface area contributed by atoms with E-state index in [0.29, 0.717) is 27.8 Å². The summed E-state index contributed by atoms with van der Waals surface area (Å²) in [4.78, 5) is 49.3. The molecule has 0 saturated carbocycles. The Morgan fingerprint density at radius 3 is 2.72 bits per heavy atom. The summed E-state index contributed by atoms with van der Waals surface area (Å²) in [5, 5.41) is 10.1. The van der Waals surface area contributed by atoms with Crippen LogP contribution >= 0.6 is 11.8 Å². The molecule has 2 aromatic carbocycles. The number of fused-ring (bicyclic) bond motifs is 1. The Hall–Kier alpha value is -3.39. The van der Waals surface area contributed by atoms with Gasteiger partial charge >= 0.3 is 11.9 Å². The number of benzene rings is 2. The van der Waals surface area contributed by atoms with Gasteiger partial charge < -0.3 is 9.84 Å². The van der Waals surface area contributed by atoms with Crippen LogP contribution in [0.5, 0.6) is 0 Å². The van der Waals surface area contributed by atoms with E-state index in [4.69, 9.17) is 4.74 Å². The molecule has 0 aliphatic carbocycles. The highest BCUT2D eigenvalue weighted by molar-refractivity contribution is 8.04. The molecule has 39 heavy (non-hydrogen) atoms. The maximum atomic E-state index is 13.7. The lowest BCUT2D eigenvalue weighted by molar-refractivity contribution is -0.260. The molecule has 3 aliphatic heterocycles. The monoisotopic (exact) mass is 574 g/mol. The molecule has 5 rings (SSSR count). The number of amides is 1. The molecule has 3 unspecified atom stereocenters. The number of ether oxygens (including phenoxy) is 1. The zero-order valence-electron chi connectivity index (χ0n) is 21.2. The second kappa shape index (κ2) is 10.3. The summed E-state index contributed by atoms with van der Waals surface area (Å²) in [5.74, 6) is -3.68. The van der Waals surface area contributed by atoms with E-state index >= 15 is 0 Å². The van der Waals surface area contributed by atoms with Crippen molar-refractivity contribution in [2.75, 3.05) is 31.2 Å². The lowest BCUT2D eigenvalue weighted by atomic mass is 9.85. The largest absolute Gasteiger partial charge is 0.457 e. The van der Waals surface area contributed by atoms with Crippen molar-refractivity contribution in [3.8, 4) is 0 Å². The number of sulfonamides is 1. The van der Waals surface area contributed by atoms with Crippen LogP contribution in [0.4, 0.5) is 5.69 Å². The number of rotatable bonds is 10. The quantitative estimate of drug-likeness (QED) is 0.148. The molecule has 0 radical (unpaired) electrons. The first-order valence-electron chi connectivity index (χ1n) is 12.1. The van der Waals surface area contributed by atoms with Crippen molar-refractivity contribution < 1.29 is 42.4 Å². The van der Waals surface area contributed by atoms with E-state index in [9.17, 15) is 27.9 Å². The van der Waals surface area contributed by atoms with E-state index in [0.717, 1.165) is 17.3 Å². The van der Waals surface area contributed by atoms with Gasteiger partial charge in [0.05, 0.1) is 41.4 Å². The summed E-state index contributed by atoms with van der Waals surface area (Å²) in [5.41, 5.74) is 1.19. The minimum atomic E-state index is -4.00. The van der Waals surface area contributed by atoms with E-state index in [1.807, 2.05) is 6.07 Å². The molecule has 3 aliphatic rings. The number of β-lactam (4-membered cyclic amide) rings is 1. The number of hydrogen-bond donors (Lipinski definition) is 1. The van der Waals surface area contributed by atoms with Gasteiger partial charge in [-0.15, -0.1) is 0 Å². The van der Waals surface area contributed by atoms with Crippen LogP contribution in [-0.4, -0.2) is 68.5 Å². The standard InChI is InChI=1S/C26H26N2O9S2/c1-4-12-36-26(32)22-18(38-24-20(23(30)28(22)24)14(2)25(31)37-35-3)13-27-17-7-5-6-16-15(10-11-29)8-9-19(21(16)17)39(27,33)34/h4-9,14,20,24,29H,1,10-13H2,2-3H3. The van der Waals surface area contributed by atoms with Gasteiger partial charge in [0.15, 0.2) is 0 Å². The van der Waals surface area contributed by atoms with E-state index in [2.05, 4.69) is 16.4 Å². The Balaban J connectivity index is 1.54. The summed E-state index contributed by atoms with van der Waals surface area (Å²) in [6, 6.07) is 8.44. The molecule has 3 atom stereocenters. The van der Waals surface area contributed by atoms with Gasteiger partial charge in [-0.2, -0.15) is 4.89 Å². The number of esters is 1. The number of hydrogen-bond acceptors (Lipinski definition) is 10. The maximum Gasteiger partial charge on any atom is 0.356 e. The van der Waals surface area contributed by atoms with E-state index in [1.54, 1.807) is 18.2 Å². The molecule has 1 fully saturated rings. The Morgan fingerprint density at radius 2 is 2.03 bits per heavy atom. The lowest BCUT2D eigenvalue weighted by Gasteiger charge is -2.44. The van der Waals surface area contributed by atoms with Crippen LogP contribution in [-0.2, 0) is 45.3 Å². The van der Waals surface area contributed by atoms with Crippen molar-refractivity contribution in [2.45, 2.75) is 23.6 Å². The molecular weight excluding hydrogens is 548 g/mol. The van der Waals surface area contributed by atoms with Gasteiger partial charge in [0, 0.05) is 16.9 Å². The molecule has 0 aromatic heterocycles. The first kappa shape index (κ1) is 27.2. The SMILES string of the molecule is C=CCOC(=O)C1=C(CN2c3cccc4c(CCO)ccc(c34)S2(=O)=O)SC2C(C(C)C(=O)OOC)C(=O)N12. The van der Waals surface area contributed by atoms with Gasteiger partial charge in [-0.1, -0.05) is 49.5 Å². The smallest absolute Gasteiger partial charge is 0.356 e. The summed E-state index contributed by atoms with van der Waals surface area (Å²) in [7, 11) is -2.82. The van der Waals surface area contributed by atoms with Crippen molar-refractivity contribution in [3.63, 3.8) is 0 Å². The van der Waals surface area contributed by atoms with Gasteiger partial charge in [-0.3, -0.25) is 18.9 Å². The molecule has 0 bridgehead atoms. The fourth-order valence-electron chi connectivity index (χ4n) is 5.20. The third-order valence-corrected chi connectivity index (χ3v) is 10.2. The molecule has 1 saturated heterocycles.